The van der Waals surface area contributed by atoms with Crippen LogP contribution in [0.3, 0.4) is 0 Å². The number of amides is 1. The van der Waals surface area contributed by atoms with Crippen LogP contribution in [-0.2, 0) is 20.9 Å². The molecule has 1 fully saturated rings. The topological polar surface area (TPSA) is 118 Å². The van der Waals surface area contributed by atoms with E-state index in [0.29, 0.717) is 12.3 Å². The van der Waals surface area contributed by atoms with Gasteiger partial charge in [0.15, 0.2) is 0 Å². The van der Waals surface area contributed by atoms with E-state index in [2.05, 4.69) is 11.5 Å². The summed E-state index contributed by atoms with van der Waals surface area (Å²) in [6, 6.07) is 7.47. The summed E-state index contributed by atoms with van der Waals surface area (Å²) < 4.78 is 0. The van der Waals surface area contributed by atoms with Gasteiger partial charge < -0.3 is 20.2 Å². The zero-order valence-corrected chi connectivity index (χ0v) is 17.0. The number of phenols is 1. The summed E-state index contributed by atoms with van der Waals surface area (Å²) in [5.74, 6) is -2.91. The van der Waals surface area contributed by atoms with Crippen LogP contribution in [-0.4, -0.2) is 69.1 Å². The predicted octanol–water partition coefficient (Wildman–Crippen LogP) is 2.18. The van der Waals surface area contributed by atoms with Crippen molar-refractivity contribution in [2.24, 2.45) is 5.92 Å². The second-order valence-corrected chi connectivity index (χ2v) is 7.10. The van der Waals surface area contributed by atoms with E-state index in [1.54, 1.807) is 6.07 Å². The van der Waals surface area contributed by atoms with Crippen molar-refractivity contribution in [3.63, 3.8) is 0 Å². The Kier molecular flexibility index (Phi) is 9.88. The molecule has 1 aromatic carbocycles. The zero-order chi connectivity index (χ0) is 22.0. The van der Waals surface area contributed by atoms with Crippen LogP contribution in [0.4, 0.5) is 0 Å². The lowest BCUT2D eigenvalue weighted by Gasteiger charge is -2.34. The second kappa shape index (κ2) is 11.9. The first kappa shape index (κ1) is 24.2. The monoisotopic (exact) mass is 406 g/mol. The third-order valence-electron chi connectivity index (χ3n) is 4.66. The third-order valence-corrected chi connectivity index (χ3v) is 4.66. The van der Waals surface area contributed by atoms with Gasteiger partial charge in [0.2, 0.25) is 5.91 Å². The van der Waals surface area contributed by atoms with E-state index in [1.165, 1.54) is 0 Å². The van der Waals surface area contributed by atoms with Gasteiger partial charge >= 0.3 is 11.9 Å². The highest BCUT2D eigenvalue weighted by molar-refractivity contribution is 6.27. The van der Waals surface area contributed by atoms with Crippen LogP contribution in [0, 0.1) is 5.92 Å². The zero-order valence-electron chi connectivity index (χ0n) is 17.0. The van der Waals surface area contributed by atoms with Crippen LogP contribution in [0.1, 0.15) is 32.3 Å². The molecule has 29 heavy (non-hydrogen) atoms. The third kappa shape index (κ3) is 8.35. The van der Waals surface area contributed by atoms with Crippen LogP contribution >= 0.6 is 0 Å². The molecule has 0 aromatic heterocycles. The molecule has 0 atom stereocenters. The lowest BCUT2D eigenvalue weighted by molar-refractivity contribution is -0.159. The fraction of sp³-hybridized carbons (Fsp3) is 0.476. The number of para-hydroxylation sites is 1. The van der Waals surface area contributed by atoms with E-state index in [0.717, 1.165) is 50.2 Å². The standard InChI is InChI=1S/C19H28N2O2.C2H2O4/c1-4-21(13-15(2)3)19(23)16-9-11-20(12-10-16)14-17-7-5-6-8-18(17)22;3-1(4)2(5)6/h5-8,16,22H,2,4,9-14H2,1,3H3;(H,3,4)(H,5,6). The van der Waals surface area contributed by atoms with Gasteiger partial charge in [0.25, 0.3) is 0 Å². The normalized spacial score (nSPS) is 14.4. The number of phenolic OH excluding ortho intramolecular Hbond substituents is 1. The van der Waals surface area contributed by atoms with Crippen LogP contribution in [0.2, 0.25) is 0 Å². The quantitative estimate of drug-likeness (QED) is 0.489. The number of carboxylic acids is 2. The molecule has 160 valence electrons. The van der Waals surface area contributed by atoms with Crippen molar-refractivity contribution in [1.29, 1.82) is 0 Å². The second-order valence-electron chi connectivity index (χ2n) is 7.10. The average Bonchev–Trinajstić information content (AvgIpc) is 2.68. The Morgan fingerprint density at radius 1 is 1.14 bits per heavy atom. The van der Waals surface area contributed by atoms with E-state index in [9.17, 15) is 9.90 Å². The predicted molar refractivity (Wildman–Crippen MR) is 108 cm³/mol. The number of likely N-dealkylation sites (tertiary alicyclic amines) is 1. The van der Waals surface area contributed by atoms with Crippen LogP contribution in [0.5, 0.6) is 5.75 Å². The van der Waals surface area contributed by atoms with Crippen molar-refractivity contribution in [3.8, 4) is 5.75 Å². The van der Waals surface area contributed by atoms with Gasteiger partial charge in [-0.05, 0) is 45.8 Å². The molecule has 1 aromatic rings. The van der Waals surface area contributed by atoms with Crippen molar-refractivity contribution < 1.29 is 29.7 Å². The van der Waals surface area contributed by atoms with E-state index in [4.69, 9.17) is 19.8 Å². The van der Waals surface area contributed by atoms with E-state index in [1.807, 2.05) is 36.9 Å². The minimum atomic E-state index is -1.82. The fourth-order valence-electron chi connectivity index (χ4n) is 3.15. The van der Waals surface area contributed by atoms with Gasteiger partial charge in [-0.25, -0.2) is 9.59 Å². The number of piperidine rings is 1. The van der Waals surface area contributed by atoms with E-state index in [-0.39, 0.29) is 11.8 Å². The lowest BCUT2D eigenvalue weighted by atomic mass is 9.94. The molecule has 8 nitrogen and oxygen atoms in total. The number of aromatic hydroxyl groups is 1. The summed E-state index contributed by atoms with van der Waals surface area (Å²) in [5.41, 5.74) is 1.98. The minimum Gasteiger partial charge on any atom is -0.508 e. The number of carbonyl (C=O) groups is 3. The molecule has 1 aliphatic rings. The van der Waals surface area contributed by atoms with Crippen LogP contribution in [0.25, 0.3) is 0 Å². The smallest absolute Gasteiger partial charge is 0.414 e. The maximum absolute atomic E-state index is 12.6. The highest BCUT2D eigenvalue weighted by Gasteiger charge is 2.28. The Hall–Kier alpha value is -2.87. The first-order chi connectivity index (χ1) is 13.6. The Morgan fingerprint density at radius 3 is 2.14 bits per heavy atom. The highest BCUT2D eigenvalue weighted by Crippen LogP contribution is 2.24. The maximum atomic E-state index is 12.6. The van der Waals surface area contributed by atoms with Gasteiger partial charge in [0.05, 0.1) is 0 Å². The molecule has 0 unspecified atom stereocenters. The lowest BCUT2D eigenvalue weighted by Crippen LogP contribution is -2.42. The van der Waals surface area contributed by atoms with Gasteiger partial charge in [0.1, 0.15) is 5.75 Å². The van der Waals surface area contributed by atoms with E-state index >= 15 is 0 Å². The van der Waals surface area contributed by atoms with Gasteiger partial charge in [-0.3, -0.25) is 9.69 Å². The van der Waals surface area contributed by atoms with Gasteiger partial charge in [0, 0.05) is 31.1 Å². The number of hydrogen-bond acceptors (Lipinski definition) is 5. The van der Waals surface area contributed by atoms with Gasteiger partial charge in [-0.2, -0.15) is 0 Å². The summed E-state index contributed by atoms with van der Waals surface area (Å²) in [6.07, 6.45) is 1.78. The number of carboxylic acid groups (broad SMARTS) is 2. The molecular weight excluding hydrogens is 376 g/mol. The fourth-order valence-corrected chi connectivity index (χ4v) is 3.15. The molecule has 1 amide bonds. The van der Waals surface area contributed by atoms with Crippen LogP contribution < -0.4 is 0 Å². The molecule has 0 saturated carbocycles. The minimum absolute atomic E-state index is 0.120. The van der Waals surface area contributed by atoms with Crippen molar-refractivity contribution in [2.75, 3.05) is 26.2 Å². The van der Waals surface area contributed by atoms with E-state index < -0.39 is 11.9 Å². The van der Waals surface area contributed by atoms with Crippen molar-refractivity contribution in [1.82, 2.24) is 9.80 Å². The molecule has 0 spiro atoms. The number of nitrogens with zero attached hydrogens (tertiary/aromatic N) is 2. The van der Waals surface area contributed by atoms with Crippen molar-refractivity contribution in [2.45, 2.75) is 33.2 Å². The number of aliphatic carboxylic acids is 2. The molecule has 1 heterocycles. The number of benzene rings is 1. The Labute approximate surface area is 171 Å². The number of rotatable bonds is 6. The Morgan fingerprint density at radius 2 is 1.69 bits per heavy atom. The molecule has 2 rings (SSSR count). The molecule has 8 heteroatoms. The number of carbonyl (C=O) groups excluding carboxylic acids is 1. The van der Waals surface area contributed by atoms with Gasteiger partial charge in [-0.15, -0.1) is 0 Å². The first-order valence-corrected chi connectivity index (χ1v) is 9.54. The molecular formula is C21H30N2O6. The SMILES string of the molecule is C=C(C)CN(CC)C(=O)C1CCN(Cc2ccccc2O)CC1.O=C(O)C(=O)O. The van der Waals surface area contributed by atoms with Crippen LogP contribution in [0.15, 0.2) is 36.4 Å². The van der Waals surface area contributed by atoms with Gasteiger partial charge in [-0.1, -0.05) is 30.4 Å². The molecule has 0 aliphatic carbocycles. The first-order valence-electron chi connectivity index (χ1n) is 9.54. The molecule has 0 radical (unpaired) electrons. The number of hydrogen-bond donors (Lipinski definition) is 3. The Bertz CT molecular complexity index is 714. The molecule has 1 saturated heterocycles. The summed E-state index contributed by atoms with van der Waals surface area (Å²) in [6.45, 7) is 11.8. The Balaban J connectivity index is 0.000000612. The van der Waals surface area contributed by atoms with Crippen molar-refractivity contribution >= 4 is 17.8 Å². The number of likely N-dealkylation sites (N-methyl/N-ethyl adjacent to an activating group) is 1. The highest BCUT2D eigenvalue weighted by atomic mass is 16.4. The summed E-state index contributed by atoms with van der Waals surface area (Å²) in [4.78, 5) is 35.0. The average molecular weight is 406 g/mol. The summed E-state index contributed by atoms with van der Waals surface area (Å²) in [7, 11) is 0. The molecule has 3 N–H and O–H groups in total. The van der Waals surface area contributed by atoms with Crippen molar-refractivity contribution in [3.05, 3.63) is 42.0 Å². The largest absolute Gasteiger partial charge is 0.508 e. The summed E-state index contributed by atoms with van der Waals surface area (Å²) in [5, 5.41) is 24.7. The molecule has 1 aliphatic heterocycles. The maximum Gasteiger partial charge on any atom is 0.414 e. The summed E-state index contributed by atoms with van der Waals surface area (Å²) >= 11 is 0. The molecule has 0 bridgehead atoms.